The highest BCUT2D eigenvalue weighted by Gasteiger charge is 2.36. The summed E-state index contributed by atoms with van der Waals surface area (Å²) in [5.41, 5.74) is 4.11. The van der Waals surface area contributed by atoms with E-state index in [-0.39, 0.29) is 11.6 Å². The Hall–Kier alpha value is -3.19. The van der Waals surface area contributed by atoms with E-state index in [1.54, 1.807) is 4.57 Å². The third kappa shape index (κ3) is 4.78. The molecule has 2 fully saturated rings. The molecule has 7 heteroatoms. The molecule has 1 aliphatic carbocycles. The van der Waals surface area contributed by atoms with Gasteiger partial charge in [-0.1, -0.05) is 36.4 Å². The van der Waals surface area contributed by atoms with Crippen LogP contribution in [0, 0.1) is 11.8 Å². The molecule has 2 aliphatic rings. The molecule has 1 aromatic heterocycles. The summed E-state index contributed by atoms with van der Waals surface area (Å²) >= 11 is 0. The summed E-state index contributed by atoms with van der Waals surface area (Å²) in [6.07, 6.45) is 3.72. The Bertz CT molecular complexity index is 1170. The molecule has 1 atom stereocenters. The lowest BCUT2D eigenvalue weighted by molar-refractivity contribution is -0.131. The number of H-pyrrole nitrogens is 1. The van der Waals surface area contributed by atoms with E-state index in [2.05, 4.69) is 53.5 Å². The second kappa shape index (κ2) is 8.98. The number of amides is 1. The first-order valence-electron chi connectivity index (χ1n) is 11.8. The number of benzene rings is 2. The first-order chi connectivity index (χ1) is 16.0. The Morgan fingerprint density at radius 3 is 2.33 bits per heavy atom. The predicted molar refractivity (Wildman–Crippen MR) is 128 cm³/mol. The first kappa shape index (κ1) is 21.6. The number of carbonyl (C=O) groups is 1. The predicted octanol–water partition coefficient (Wildman–Crippen LogP) is 3.09. The molecular formula is C26H31N5O2. The number of likely N-dealkylation sites (tertiary alicyclic amines) is 1. The van der Waals surface area contributed by atoms with Crippen molar-refractivity contribution in [3.8, 4) is 16.8 Å². The maximum Gasteiger partial charge on any atom is 0.347 e. The molecule has 1 aliphatic heterocycles. The van der Waals surface area contributed by atoms with Gasteiger partial charge in [0.15, 0.2) is 0 Å². The summed E-state index contributed by atoms with van der Waals surface area (Å²) in [7, 11) is 4.13. The zero-order valence-corrected chi connectivity index (χ0v) is 19.3. The van der Waals surface area contributed by atoms with Crippen molar-refractivity contribution in [1.82, 2.24) is 24.6 Å². The molecule has 1 saturated heterocycles. The lowest BCUT2D eigenvalue weighted by Crippen LogP contribution is -2.30. The highest BCUT2D eigenvalue weighted by Crippen LogP contribution is 2.33. The number of nitrogens with one attached hydrogen (secondary N) is 1. The summed E-state index contributed by atoms with van der Waals surface area (Å²) in [5, 5.41) is 6.92. The van der Waals surface area contributed by atoms with Gasteiger partial charge in [-0.2, -0.15) is 5.10 Å². The SMILES string of the molecule is CN(C)Cc1ccc(-c2ccc(-n3c(CC4CCN(C(=O)C5CC5)C4)n[nH]c3=O)cc2)cc1. The molecule has 1 amide bonds. The van der Waals surface area contributed by atoms with Crippen LogP contribution in [-0.4, -0.2) is 57.7 Å². The van der Waals surface area contributed by atoms with Gasteiger partial charge in [-0.3, -0.25) is 4.79 Å². The molecule has 1 saturated carbocycles. The van der Waals surface area contributed by atoms with Crippen LogP contribution in [0.5, 0.6) is 0 Å². The Labute approximate surface area is 194 Å². The Balaban J connectivity index is 1.29. The maximum atomic E-state index is 12.5. The van der Waals surface area contributed by atoms with Crippen molar-refractivity contribution in [2.75, 3.05) is 27.2 Å². The smallest absolute Gasteiger partial charge is 0.342 e. The number of aromatic nitrogens is 3. The fraction of sp³-hybridized carbons (Fsp3) is 0.423. The van der Waals surface area contributed by atoms with Crippen LogP contribution in [0.3, 0.4) is 0 Å². The van der Waals surface area contributed by atoms with Crippen LogP contribution in [0.25, 0.3) is 16.8 Å². The zero-order chi connectivity index (χ0) is 22.9. The second-order valence-electron chi connectivity index (χ2n) is 9.68. The van der Waals surface area contributed by atoms with Crippen LogP contribution in [0.2, 0.25) is 0 Å². The van der Waals surface area contributed by atoms with Crippen molar-refractivity contribution in [2.45, 2.75) is 32.2 Å². The molecule has 7 nitrogen and oxygen atoms in total. The number of nitrogens with zero attached hydrogens (tertiary/aromatic N) is 4. The molecule has 0 radical (unpaired) electrons. The van der Waals surface area contributed by atoms with E-state index >= 15 is 0 Å². The van der Waals surface area contributed by atoms with Crippen LogP contribution in [0.1, 0.15) is 30.7 Å². The monoisotopic (exact) mass is 445 g/mol. The van der Waals surface area contributed by atoms with Gasteiger partial charge in [-0.25, -0.2) is 14.5 Å². The summed E-state index contributed by atoms with van der Waals surface area (Å²) in [6, 6.07) is 16.6. The van der Waals surface area contributed by atoms with Gasteiger partial charge >= 0.3 is 5.69 Å². The minimum atomic E-state index is -0.227. The van der Waals surface area contributed by atoms with E-state index in [0.29, 0.717) is 18.2 Å². The van der Waals surface area contributed by atoms with Gasteiger partial charge < -0.3 is 9.80 Å². The van der Waals surface area contributed by atoms with Gasteiger partial charge in [-0.05, 0) is 68.1 Å². The largest absolute Gasteiger partial charge is 0.347 e. The summed E-state index contributed by atoms with van der Waals surface area (Å²) in [6.45, 7) is 2.49. The molecule has 2 aromatic carbocycles. The minimum absolute atomic E-state index is 0.227. The van der Waals surface area contributed by atoms with Crippen LogP contribution in [-0.2, 0) is 17.8 Å². The molecule has 1 N–H and O–H groups in total. The van der Waals surface area contributed by atoms with Crippen LogP contribution < -0.4 is 5.69 Å². The third-order valence-electron chi connectivity index (χ3n) is 6.65. The lowest BCUT2D eigenvalue weighted by Gasteiger charge is -2.16. The van der Waals surface area contributed by atoms with Crippen molar-refractivity contribution < 1.29 is 4.79 Å². The average Bonchev–Trinajstić information content (AvgIpc) is 3.45. The van der Waals surface area contributed by atoms with Gasteiger partial charge in [0, 0.05) is 32.0 Å². The van der Waals surface area contributed by atoms with Crippen LogP contribution in [0.4, 0.5) is 0 Å². The molecular weight excluding hydrogens is 414 g/mol. The fourth-order valence-corrected chi connectivity index (χ4v) is 4.75. The summed E-state index contributed by atoms with van der Waals surface area (Å²) in [5.74, 6) is 1.63. The summed E-state index contributed by atoms with van der Waals surface area (Å²) in [4.78, 5) is 29.0. The molecule has 3 aromatic rings. The van der Waals surface area contributed by atoms with Gasteiger partial charge in [0.25, 0.3) is 0 Å². The Morgan fingerprint density at radius 1 is 1.03 bits per heavy atom. The van der Waals surface area contributed by atoms with E-state index in [1.165, 1.54) is 5.56 Å². The quantitative estimate of drug-likeness (QED) is 0.607. The topological polar surface area (TPSA) is 74.2 Å². The molecule has 0 spiro atoms. The zero-order valence-electron chi connectivity index (χ0n) is 19.3. The van der Waals surface area contributed by atoms with E-state index in [4.69, 9.17) is 0 Å². The van der Waals surface area contributed by atoms with Gasteiger partial charge in [0.05, 0.1) is 5.69 Å². The second-order valence-corrected chi connectivity index (χ2v) is 9.68. The number of aromatic amines is 1. The van der Waals surface area contributed by atoms with E-state index < -0.39 is 0 Å². The number of hydrogen-bond acceptors (Lipinski definition) is 4. The number of rotatable bonds is 7. The molecule has 1 unspecified atom stereocenters. The van der Waals surface area contributed by atoms with E-state index in [9.17, 15) is 9.59 Å². The van der Waals surface area contributed by atoms with Crippen molar-refractivity contribution in [2.24, 2.45) is 11.8 Å². The van der Waals surface area contributed by atoms with Crippen molar-refractivity contribution >= 4 is 5.91 Å². The molecule has 0 bridgehead atoms. The first-order valence-corrected chi connectivity index (χ1v) is 11.8. The highest BCUT2D eigenvalue weighted by atomic mass is 16.2. The molecule has 172 valence electrons. The maximum absolute atomic E-state index is 12.5. The third-order valence-corrected chi connectivity index (χ3v) is 6.65. The molecule has 5 rings (SSSR count). The highest BCUT2D eigenvalue weighted by molar-refractivity contribution is 5.81. The molecule has 2 heterocycles. The van der Waals surface area contributed by atoms with Crippen LogP contribution >= 0.6 is 0 Å². The van der Waals surface area contributed by atoms with E-state index in [1.807, 2.05) is 29.2 Å². The normalized spacial score (nSPS) is 18.3. The van der Waals surface area contributed by atoms with E-state index in [0.717, 1.165) is 61.5 Å². The minimum Gasteiger partial charge on any atom is -0.342 e. The fourth-order valence-electron chi connectivity index (χ4n) is 4.75. The van der Waals surface area contributed by atoms with Crippen LogP contribution in [0.15, 0.2) is 53.3 Å². The summed E-state index contributed by atoms with van der Waals surface area (Å²) < 4.78 is 1.66. The van der Waals surface area contributed by atoms with Crippen molar-refractivity contribution in [1.29, 1.82) is 0 Å². The van der Waals surface area contributed by atoms with Crippen molar-refractivity contribution in [3.63, 3.8) is 0 Å². The van der Waals surface area contributed by atoms with Gasteiger partial charge in [-0.15, -0.1) is 0 Å². The molecule has 33 heavy (non-hydrogen) atoms. The lowest BCUT2D eigenvalue weighted by atomic mass is 10.0. The Kier molecular flexibility index (Phi) is 5.89. The standard InChI is InChI=1S/C26H31N5O2/c1-29(2)16-18-3-5-20(6-4-18)21-9-11-23(12-10-21)31-24(27-28-26(31)33)15-19-13-14-30(17-19)25(32)22-7-8-22/h3-6,9-12,19,22H,7-8,13-17H2,1-2H3,(H,28,33). The van der Waals surface area contributed by atoms with Crippen molar-refractivity contribution in [3.05, 3.63) is 70.4 Å². The van der Waals surface area contributed by atoms with Gasteiger partial charge in [0.2, 0.25) is 5.91 Å². The van der Waals surface area contributed by atoms with Gasteiger partial charge in [0.1, 0.15) is 5.82 Å². The number of hydrogen-bond donors (Lipinski definition) is 1. The Morgan fingerprint density at radius 2 is 1.70 bits per heavy atom. The number of carbonyl (C=O) groups excluding carboxylic acids is 1. The average molecular weight is 446 g/mol.